The third-order valence-electron chi connectivity index (χ3n) is 3.40. The van der Waals surface area contributed by atoms with Gasteiger partial charge in [-0.15, -0.1) is 0 Å². The second kappa shape index (κ2) is 5.69. The molecule has 1 aliphatic carbocycles. The van der Waals surface area contributed by atoms with Crippen molar-refractivity contribution in [1.29, 1.82) is 0 Å². The third-order valence-corrected chi connectivity index (χ3v) is 4.57. The Balaban J connectivity index is 1.90. The maximum Gasteiger partial charge on any atom is 0.0570 e. The molecule has 16 heavy (non-hydrogen) atoms. The second-order valence-corrected chi connectivity index (χ2v) is 5.54. The molecule has 0 aliphatic heterocycles. The molecule has 0 aromatic carbocycles. The Hall–Kier alpha value is -0.540. The van der Waals surface area contributed by atoms with Crippen molar-refractivity contribution in [2.45, 2.75) is 44.0 Å². The zero-order valence-corrected chi connectivity index (χ0v) is 10.9. The van der Waals surface area contributed by atoms with Gasteiger partial charge in [-0.1, -0.05) is 12.5 Å². The van der Waals surface area contributed by atoms with Crippen LogP contribution in [0, 0.1) is 6.92 Å². The molecule has 0 saturated heterocycles. The highest BCUT2D eigenvalue weighted by molar-refractivity contribution is 7.99. The van der Waals surface area contributed by atoms with Crippen molar-refractivity contribution in [2.75, 3.05) is 6.26 Å². The van der Waals surface area contributed by atoms with Gasteiger partial charge in [-0.25, -0.2) is 0 Å². The number of hydrogen-bond donors (Lipinski definition) is 1. The maximum absolute atomic E-state index is 4.42. The minimum atomic E-state index is 0.677. The van der Waals surface area contributed by atoms with Crippen molar-refractivity contribution >= 4 is 11.8 Å². The molecular formula is C13H20N2S. The van der Waals surface area contributed by atoms with Crippen molar-refractivity contribution < 1.29 is 0 Å². The van der Waals surface area contributed by atoms with E-state index >= 15 is 0 Å². The highest BCUT2D eigenvalue weighted by atomic mass is 32.2. The van der Waals surface area contributed by atoms with Crippen molar-refractivity contribution in [1.82, 2.24) is 10.3 Å². The summed E-state index contributed by atoms with van der Waals surface area (Å²) in [7, 11) is 0. The number of aromatic nitrogens is 1. The topological polar surface area (TPSA) is 24.9 Å². The molecule has 88 valence electrons. The molecule has 1 saturated carbocycles. The molecule has 1 heterocycles. The number of aryl methyl sites for hydroxylation is 1. The molecule has 2 nitrogen and oxygen atoms in total. The van der Waals surface area contributed by atoms with Gasteiger partial charge in [-0.2, -0.15) is 11.8 Å². The van der Waals surface area contributed by atoms with Crippen LogP contribution in [0.4, 0.5) is 0 Å². The van der Waals surface area contributed by atoms with E-state index in [2.05, 4.69) is 29.5 Å². The van der Waals surface area contributed by atoms with Crippen LogP contribution in [0.2, 0.25) is 0 Å². The molecule has 1 N–H and O–H groups in total. The maximum atomic E-state index is 4.42. The van der Waals surface area contributed by atoms with E-state index in [1.807, 2.05) is 24.0 Å². The highest BCUT2D eigenvalue weighted by Crippen LogP contribution is 2.28. The van der Waals surface area contributed by atoms with Crippen LogP contribution in [0.25, 0.3) is 0 Å². The van der Waals surface area contributed by atoms with Crippen molar-refractivity contribution in [2.24, 2.45) is 0 Å². The number of nitrogens with zero attached hydrogens (tertiary/aromatic N) is 1. The zero-order chi connectivity index (χ0) is 11.4. The van der Waals surface area contributed by atoms with E-state index < -0.39 is 0 Å². The zero-order valence-electron chi connectivity index (χ0n) is 10.1. The minimum absolute atomic E-state index is 0.677. The van der Waals surface area contributed by atoms with Gasteiger partial charge in [-0.05, 0) is 37.7 Å². The van der Waals surface area contributed by atoms with Crippen LogP contribution < -0.4 is 5.32 Å². The first kappa shape index (κ1) is 11.9. The van der Waals surface area contributed by atoms with Gasteiger partial charge in [0, 0.05) is 24.0 Å². The summed E-state index contributed by atoms with van der Waals surface area (Å²) in [6, 6.07) is 4.81. The normalized spacial score (nSPS) is 24.9. The highest BCUT2D eigenvalue weighted by Gasteiger charge is 2.25. The lowest BCUT2D eigenvalue weighted by molar-refractivity contribution is 0.526. The predicted octanol–water partition coefficient (Wildman–Crippen LogP) is 2.76. The molecule has 1 aromatic rings. The minimum Gasteiger partial charge on any atom is -0.307 e. The molecule has 2 atom stereocenters. The Bertz CT molecular complexity index is 340. The monoisotopic (exact) mass is 236 g/mol. The van der Waals surface area contributed by atoms with Gasteiger partial charge in [0.25, 0.3) is 0 Å². The summed E-state index contributed by atoms with van der Waals surface area (Å²) in [6.45, 7) is 3.04. The Labute approximate surface area is 102 Å². The second-order valence-electron chi connectivity index (χ2n) is 4.46. The molecule has 2 rings (SSSR count). The van der Waals surface area contributed by atoms with Crippen LogP contribution in [-0.4, -0.2) is 22.5 Å². The average molecular weight is 236 g/mol. The lowest BCUT2D eigenvalue weighted by Gasteiger charge is -2.19. The fraction of sp³-hybridized carbons (Fsp3) is 0.615. The lowest BCUT2D eigenvalue weighted by atomic mass is 10.2. The Kier molecular flexibility index (Phi) is 4.24. The van der Waals surface area contributed by atoms with Crippen LogP contribution in [0.3, 0.4) is 0 Å². The SMILES string of the molecule is CSC1CCCC1NCc1ncccc1C. The molecule has 1 aromatic heterocycles. The fourth-order valence-corrected chi connectivity index (χ4v) is 3.34. The number of hydrogen-bond acceptors (Lipinski definition) is 3. The average Bonchev–Trinajstić information content (AvgIpc) is 2.75. The standard InChI is InChI=1S/C13H20N2S/c1-10-5-4-8-14-12(10)9-15-11-6-3-7-13(11)16-2/h4-5,8,11,13,15H,3,6-7,9H2,1-2H3. The van der Waals surface area contributed by atoms with E-state index in [1.54, 1.807) is 0 Å². The molecule has 0 radical (unpaired) electrons. The predicted molar refractivity (Wildman–Crippen MR) is 70.8 cm³/mol. The van der Waals surface area contributed by atoms with Crippen molar-refractivity contribution in [3.63, 3.8) is 0 Å². The van der Waals surface area contributed by atoms with Crippen LogP contribution >= 0.6 is 11.8 Å². The Morgan fingerprint density at radius 3 is 3.12 bits per heavy atom. The Morgan fingerprint density at radius 1 is 1.50 bits per heavy atom. The van der Waals surface area contributed by atoms with Gasteiger partial charge in [0.05, 0.1) is 5.69 Å². The van der Waals surface area contributed by atoms with Gasteiger partial charge in [0.2, 0.25) is 0 Å². The number of nitrogens with one attached hydrogen (secondary N) is 1. The first-order valence-corrected chi connectivity index (χ1v) is 7.26. The van der Waals surface area contributed by atoms with E-state index in [0.717, 1.165) is 11.8 Å². The molecular weight excluding hydrogens is 216 g/mol. The molecule has 2 unspecified atom stereocenters. The number of rotatable bonds is 4. The summed E-state index contributed by atoms with van der Waals surface area (Å²) in [5.74, 6) is 0. The van der Waals surface area contributed by atoms with Crippen LogP contribution in [0.1, 0.15) is 30.5 Å². The van der Waals surface area contributed by atoms with Gasteiger partial charge >= 0.3 is 0 Å². The largest absolute Gasteiger partial charge is 0.307 e. The fourth-order valence-electron chi connectivity index (χ4n) is 2.37. The first-order valence-electron chi connectivity index (χ1n) is 5.98. The van der Waals surface area contributed by atoms with E-state index in [-0.39, 0.29) is 0 Å². The first-order chi connectivity index (χ1) is 7.81. The van der Waals surface area contributed by atoms with Gasteiger partial charge in [0.1, 0.15) is 0 Å². The third kappa shape index (κ3) is 2.77. The van der Waals surface area contributed by atoms with Gasteiger partial charge in [0.15, 0.2) is 0 Å². The van der Waals surface area contributed by atoms with Crippen molar-refractivity contribution in [3.05, 3.63) is 29.6 Å². The van der Waals surface area contributed by atoms with Gasteiger partial charge in [-0.3, -0.25) is 4.98 Å². The molecule has 1 aliphatic rings. The summed E-state index contributed by atoms with van der Waals surface area (Å²) in [5, 5.41) is 4.45. The summed E-state index contributed by atoms with van der Waals surface area (Å²) < 4.78 is 0. The summed E-state index contributed by atoms with van der Waals surface area (Å²) in [4.78, 5) is 4.42. The lowest BCUT2D eigenvalue weighted by Crippen LogP contribution is -2.33. The van der Waals surface area contributed by atoms with E-state index in [9.17, 15) is 0 Å². The van der Waals surface area contributed by atoms with Crippen LogP contribution in [0.5, 0.6) is 0 Å². The molecule has 1 fully saturated rings. The van der Waals surface area contributed by atoms with E-state index in [1.165, 1.54) is 30.5 Å². The molecule has 0 amide bonds. The number of thioether (sulfide) groups is 1. The summed E-state index contributed by atoms with van der Waals surface area (Å²) in [6.07, 6.45) is 8.14. The van der Waals surface area contributed by atoms with Crippen LogP contribution in [0.15, 0.2) is 18.3 Å². The molecule has 0 bridgehead atoms. The summed E-state index contributed by atoms with van der Waals surface area (Å²) >= 11 is 2.00. The van der Waals surface area contributed by atoms with E-state index in [4.69, 9.17) is 0 Å². The molecule has 0 spiro atoms. The quantitative estimate of drug-likeness (QED) is 0.870. The van der Waals surface area contributed by atoms with Crippen LogP contribution in [-0.2, 0) is 6.54 Å². The van der Waals surface area contributed by atoms with Crippen molar-refractivity contribution in [3.8, 4) is 0 Å². The smallest absolute Gasteiger partial charge is 0.0570 e. The van der Waals surface area contributed by atoms with Gasteiger partial charge < -0.3 is 5.32 Å². The summed E-state index contributed by atoms with van der Waals surface area (Å²) in [5.41, 5.74) is 2.47. The molecule has 3 heteroatoms. The number of pyridine rings is 1. The van der Waals surface area contributed by atoms with E-state index in [0.29, 0.717) is 6.04 Å². The Morgan fingerprint density at radius 2 is 2.38 bits per heavy atom.